The van der Waals surface area contributed by atoms with E-state index in [0.717, 1.165) is 0 Å². The summed E-state index contributed by atoms with van der Waals surface area (Å²) in [5.74, 6) is 0.109. The number of benzene rings is 1. The maximum Gasteiger partial charge on any atom is 0.229 e. The Kier molecular flexibility index (Phi) is 7.16. The van der Waals surface area contributed by atoms with Crippen molar-refractivity contribution >= 4 is 6.29 Å². The molecule has 0 aromatic heterocycles. The number of aliphatic hydroxyl groups excluding tert-OH is 6. The van der Waals surface area contributed by atoms with Crippen LogP contribution in [0.15, 0.2) is 24.3 Å². The van der Waals surface area contributed by atoms with Gasteiger partial charge in [-0.05, 0) is 12.1 Å². The van der Waals surface area contributed by atoms with Crippen LogP contribution in [-0.4, -0.2) is 105 Å². The van der Waals surface area contributed by atoms with Crippen LogP contribution in [0.4, 0.5) is 0 Å². The van der Waals surface area contributed by atoms with Crippen LogP contribution in [-0.2, 0) is 14.2 Å². The predicted octanol–water partition coefficient (Wildman–Crippen LogP) is -2.86. The summed E-state index contributed by atoms with van der Waals surface area (Å²) in [6.07, 6.45) is -12.5. The zero-order chi connectivity index (χ0) is 21.1. The summed E-state index contributed by atoms with van der Waals surface area (Å²) >= 11 is 0. The number of para-hydroxylation sites is 1. The monoisotopic (exact) mass is 416 g/mol. The highest BCUT2D eigenvalue weighted by Gasteiger charge is 2.46. The average molecular weight is 416 g/mol. The molecule has 0 spiro atoms. The second-order valence-corrected chi connectivity index (χ2v) is 6.87. The van der Waals surface area contributed by atoms with Crippen molar-refractivity contribution in [3.8, 4) is 5.75 Å². The second-order valence-electron chi connectivity index (χ2n) is 6.87. The van der Waals surface area contributed by atoms with E-state index in [-0.39, 0.29) is 17.9 Å². The summed E-state index contributed by atoms with van der Waals surface area (Å²) in [6, 6.07) is 6.18. The lowest BCUT2D eigenvalue weighted by Gasteiger charge is -2.41. The summed E-state index contributed by atoms with van der Waals surface area (Å²) in [5.41, 5.74) is 0.197. The van der Waals surface area contributed by atoms with E-state index in [0.29, 0.717) is 6.29 Å². The number of hydrogen-bond donors (Lipinski definition) is 6. The van der Waals surface area contributed by atoms with E-state index in [1.807, 2.05) is 0 Å². The van der Waals surface area contributed by atoms with Crippen LogP contribution in [0, 0.1) is 0 Å². The number of aliphatic hydroxyl groups is 6. The summed E-state index contributed by atoms with van der Waals surface area (Å²) in [7, 11) is 0. The topological polar surface area (TPSA) is 175 Å². The Labute approximate surface area is 165 Å². The third kappa shape index (κ3) is 4.74. The third-order valence-corrected chi connectivity index (χ3v) is 4.84. The zero-order valence-corrected chi connectivity index (χ0v) is 15.2. The van der Waals surface area contributed by atoms with E-state index in [2.05, 4.69) is 0 Å². The van der Waals surface area contributed by atoms with Gasteiger partial charge in [0.25, 0.3) is 0 Å². The van der Waals surface area contributed by atoms with Crippen LogP contribution in [0.5, 0.6) is 5.75 Å². The molecule has 0 saturated carbocycles. The summed E-state index contributed by atoms with van der Waals surface area (Å²) in [4.78, 5) is 11.1. The third-order valence-electron chi connectivity index (χ3n) is 4.84. The lowest BCUT2D eigenvalue weighted by atomic mass is 9.99. The molecule has 0 bridgehead atoms. The molecule has 1 aromatic rings. The zero-order valence-electron chi connectivity index (χ0n) is 15.2. The van der Waals surface area contributed by atoms with Crippen molar-refractivity contribution in [2.75, 3.05) is 13.2 Å². The van der Waals surface area contributed by atoms with Crippen molar-refractivity contribution in [2.45, 2.75) is 55.3 Å². The van der Waals surface area contributed by atoms with Gasteiger partial charge in [0.05, 0.1) is 18.8 Å². The average Bonchev–Trinajstić information content (AvgIpc) is 2.73. The van der Waals surface area contributed by atoms with Crippen LogP contribution >= 0.6 is 0 Å². The van der Waals surface area contributed by atoms with E-state index in [1.165, 1.54) is 12.1 Å². The SMILES string of the molecule is O=Cc1ccccc1O[C@@H]1O[C@H](CO[C@H]2OC[C@@H](O)[C@@H](O)[C@@H]2O)[C@@H](O)[C@@H](O)[C@H]1O. The molecule has 162 valence electrons. The highest BCUT2D eigenvalue weighted by Crippen LogP contribution is 2.27. The molecule has 2 aliphatic heterocycles. The van der Waals surface area contributed by atoms with Gasteiger partial charge in [0.2, 0.25) is 6.29 Å². The Morgan fingerprint density at radius 2 is 1.62 bits per heavy atom. The highest BCUT2D eigenvalue weighted by molar-refractivity contribution is 5.79. The van der Waals surface area contributed by atoms with Crippen LogP contribution < -0.4 is 4.74 Å². The molecule has 11 nitrogen and oxygen atoms in total. The number of ether oxygens (including phenoxy) is 4. The smallest absolute Gasteiger partial charge is 0.229 e. The Morgan fingerprint density at radius 1 is 0.931 bits per heavy atom. The lowest BCUT2D eigenvalue weighted by molar-refractivity contribution is -0.307. The fourth-order valence-electron chi connectivity index (χ4n) is 3.08. The normalized spacial score (nSPS) is 40.4. The van der Waals surface area contributed by atoms with Crippen molar-refractivity contribution in [3.05, 3.63) is 29.8 Å². The van der Waals surface area contributed by atoms with Gasteiger partial charge in [0, 0.05) is 0 Å². The molecular formula is C18H24O11. The molecular weight excluding hydrogens is 392 g/mol. The molecule has 11 heteroatoms. The van der Waals surface area contributed by atoms with Gasteiger partial charge in [0.1, 0.15) is 48.5 Å². The Hall–Kier alpha value is -1.67. The molecule has 2 heterocycles. The molecule has 9 atom stereocenters. The molecule has 6 N–H and O–H groups in total. The van der Waals surface area contributed by atoms with Gasteiger partial charge in [-0.3, -0.25) is 4.79 Å². The summed E-state index contributed by atoms with van der Waals surface area (Å²) in [6.45, 7) is -0.669. The number of carbonyl (C=O) groups excluding carboxylic acids is 1. The highest BCUT2D eigenvalue weighted by atomic mass is 16.7. The Bertz CT molecular complexity index is 686. The number of hydrogen-bond acceptors (Lipinski definition) is 11. The van der Waals surface area contributed by atoms with Crippen LogP contribution in [0.3, 0.4) is 0 Å². The molecule has 0 unspecified atom stereocenters. The fraction of sp³-hybridized carbons (Fsp3) is 0.611. The first-order chi connectivity index (χ1) is 13.8. The van der Waals surface area contributed by atoms with Crippen molar-refractivity contribution in [3.63, 3.8) is 0 Å². The quantitative estimate of drug-likeness (QED) is 0.263. The Morgan fingerprint density at radius 3 is 2.34 bits per heavy atom. The standard InChI is InChI=1S/C18H24O11/c19-5-8-3-1-2-4-10(8)28-18-16(25)14(23)13(22)11(29-18)7-27-17-15(24)12(21)9(20)6-26-17/h1-5,9,11-18,20-25H,6-7H2/t9-,11-,12-,13-,14-,15+,16-,17-,18-/m1/s1. The van der Waals surface area contributed by atoms with Crippen molar-refractivity contribution in [1.29, 1.82) is 0 Å². The number of aldehydes is 1. The first-order valence-corrected chi connectivity index (χ1v) is 9.01. The van der Waals surface area contributed by atoms with E-state index in [1.54, 1.807) is 12.1 Å². The Balaban J connectivity index is 1.65. The minimum atomic E-state index is -1.64. The van der Waals surface area contributed by atoms with Crippen LogP contribution in [0.2, 0.25) is 0 Å². The molecule has 1 aromatic carbocycles. The predicted molar refractivity (Wildman–Crippen MR) is 92.9 cm³/mol. The van der Waals surface area contributed by atoms with Crippen molar-refractivity contribution in [2.24, 2.45) is 0 Å². The van der Waals surface area contributed by atoms with E-state index in [9.17, 15) is 35.4 Å². The molecule has 3 rings (SSSR count). The molecule has 29 heavy (non-hydrogen) atoms. The van der Waals surface area contributed by atoms with E-state index >= 15 is 0 Å². The first-order valence-electron chi connectivity index (χ1n) is 9.01. The molecule has 2 aliphatic rings. The van der Waals surface area contributed by atoms with Crippen molar-refractivity contribution in [1.82, 2.24) is 0 Å². The van der Waals surface area contributed by atoms with Gasteiger partial charge < -0.3 is 49.6 Å². The minimum Gasteiger partial charge on any atom is -0.461 e. The van der Waals surface area contributed by atoms with Gasteiger partial charge >= 0.3 is 0 Å². The molecule has 0 aliphatic carbocycles. The second kappa shape index (κ2) is 9.43. The number of rotatable bonds is 6. The van der Waals surface area contributed by atoms with Gasteiger partial charge in [-0.2, -0.15) is 0 Å². The molecule has 0 amide bonds. The van der Waals surface area contributed by atoms with Crippen molar-refractivity contribution < 1.29 is 54.4 Å². The summed E-state index contributed by atoms with van der Waals surface area (Å²) < 4.78 is 21.4. The van der Waals surface area contributed by atoms with Gasteiger partial charge in [-0.15, -0.1) is 0 Å². The lowest BCUT2D eigenvalue weighted by Crippen LogP contribution is -2.61. The largest absolute Gasteiger partial charge is 0.461 e. The maximum absolute atomic E-state index is 11.1. The van der Waals surface area contributed by atoms with Crippen LogP contribution in [0.25, 0.3) is 0 Å². The van der Waals surface area contributed by atoms with E-state index in [4.69, 9.17) is 18.9 Å². The van der Waals surface area contributed by atoms with Gasteiger partial charge in [-0.25, -0.2) is 0 Å². The minimum absolute atomic E-state index is 0.109. The van der Waals surface area contributed by atoms with Gasteiger partial charge in [0.15, 0.2) is 12.6 Å². The summed E-state index contributed by atoms with van der Waals surface area (Å²) in [5, 5.41) is 59.5. The molecule has 2 saturated heterocycles. The first kappa shape index (κ1) is 22.0. The van der Waals surface area contributed by atoms with Gasteiger partial charge in [-0.1, -0.05) is 12.1 Å². The fourth-order valence-corrected chi connectivity index (χ4v) is 3.08. The van der Waals surface area contributed by atoms with Crippen LogP contribution in [0.1, 0.15) is 10.4 Å². The number of carbonyl (C=O) groups is 1. The maximum atomic E-state index is 11.1. The molecule has 0 radical (unpaired) electrons. The molecule has 2 fully saturated rings. The van der Waals surface area contributed by atoms with E-state index < -0.39 is 61.9 Å².